The van der Waals surface area contributed by atoms with Crippen LogP contribution in [-0.4, -0.2) is 40.5 Å². The predicted octanol–water partition coefficient (Wildman–Crippen LogP) is 2.29. The molecule has 21 heavy (non-hydrogen) atoms. The Kier molecular flexibility index (Phi) is 7.14. The van der Waals surface area contributed by atoms with E-state index in [2.05, 4.69) is 4.74 Å². The Morgan fingerprint density at radius 1 is 1.33 bits per heavy atom. The van der Waals surface area contributed by atoms with Gasteiger partial charge in [-0.1, -0.05) is 13.8 Å². The maximum Gasteiger partial charge on any atom is 0.394 e. The first kappa shape index (κ1) is 20.2. The SMILES string of the molecule is CCOC(=O)[C@@H](N)CC[S@@](=N)(=O)CCC(C)(C)C(F)(F)F. The Labute approximate surface area is 123 Å². The molecule has 0 aliphatic rings. The monoisotopic (exact) mass is 332 g/mol. The lowest BCUT2D eigenvalue weighted by Crippen LogP contribution is -2.36. The smallest absolute Gasteiger partial charge is 0.394 e. The minimum atomic E-state index is -4.41. The molecule has 3 N–H and O–H groups in total. The zero-order chi connectivity index (χ0) is 16.9. The van der Waals surface area contributed by atoms with Crippen LogP contribution in [0.3, 0.4) is 0 Å². The molecule has 0 unspecified atom stereocenters. The van der Waals surface area contributed by atoms with E-state index in [-0.39, 0.29) is 24.5 Å². The Balaban J connectivity index is 4.44. The molecule has 0 bridgehead atoms. The number of nitrogens with one attached hydrogen (secondary N) is 1. The molecule has 9 heteroatoms. The molecule has 0 saturated carbocycles. The first-order chi connectivity index (χ1) is 9.32. The number of nitrogens with two attached hydrogens (primary N) is 1. The number of carbonyl (C=O) groups excluding carboxylic acids is 1. The molecule has 2 atom stereocenters. The third-order valence-electron chi connectivity index (χ3n) is 3.17. The first-order valence-electron chi connectivity index (χ1n) is 6.55. The first-order valence-corrected chi connectivity index (χ1v) is 8.45. The van der Waals surface area contributed by atoms with Crippen LogP contribution in [0.25, 0.3) is 0 Å². The van der Waals surface area contributed by atoms with Gasteiger partial charge in [0.25, 0.3) is 0 Å². The van der Waals surface area contributed by atoms with E-state index < -0.39 is 39.8 Å². The molecule has 126 valence electrons. The predicted molar refractivity (Wildman–Crippen MR) is 74.3 cm³/mol. The van der Waals surface area contributed by atoms with Gasteiger partial charge in [-0.05, 0) is 19.8 Å². The van der Waals surface area contributed by atoms with Gasteiger partial charge in [0.2, 0.25) is 0 Å². The fraction of sp³-hybridized carbons (Fsp3) is 0.917. The van der Waals surface area contributed by atoms with E-state index >= 15 is 0 Å². The van der Waals surface area contributed by atoms with Crippen molar-refractivity contribution in [3.8, 4) is 0 Å². The fourth-order valence-electron chi connectivity index (χ4n) is 1.35. The topological polar surface area (TPSA) is 93.2 Å². The van der Waals surface area contributed by atoms with Gasteiger partial charge < -0.3 is 10.5 Å². The maximum atomic E-state index is 12.7. The number of halogens is 3. The third-order valence-corrected chi connectivity index (χ3v) is 4.93. The summed E-state index contributed by atoms with van der Waals surface area (Å²) in [5.74, 6) is -1.26. The lowest BCUT2D eigenvalue weighted by atomic mass is 9.90. The zero-order valence-corrected chi connectivity index (χ0v) is 13.3. The third kappa shape index (κ3) is 7.12. The van der Waals surface area contributed by atoms with E-state index in [9.17, 15) is 22.2 Å². The Morgan fingerprint density at radius 3 is 2.29 bits per heavy atom. The quantitative estimate of drug-likeness (QED) is 0.667. The minimum Gasteiger partial charge on any atom is -0.465 e. The summed E-state index contributed by atoms with van der Waals surface area (Å²) >= 11 is 0. The van der Waals surface area contributed by atoms with Crippen LogP contribution in [0.15, 0.2) is 0 Å². The summed E-state index contributed by atoms with van der Waals surface area (Å²) in [5.41, 5.74) is 3.50. The lowest BCUT2D eigenvalue weighted by molar-refractivity contribution is -0.211. The number of hydrogen-bond donors (Lipinski definition) is 2. The van der Waals surface area contributed by atoms with Crippen LogP contribution in [0, 0.1) is 10.2 Å². The van der Waals surface area contributed by atoms with Crippen LogP contribution in [-0.2, 0) is 19.3 Å². The average molecular weight is 332 g/mol. The highest BCUT2D eigenvalue weighted by atomic mass is 32.2. The summed E-state index contributed by atoms with van der Waals surface area (Å²) in [6.45, 7) is 3.78. The van der Waals surface area contributed by atoms with Crippen molar-refractivity contribution in [2.24, 2.45) is 11.1 Å². The second-order valence-electron chi connectivity index (χ2n) is 5.50. The van der Waals surface area contributed by atoms with E-state index in [4.69, 9.17) is 10.5 Å². The molecule has 0 spiro atoms. The second-order valence-corrected chi connectivity index (χ2v) is 7.94. The van der Waals surface area contributed by atoms with Gasteiger partial charge in [0, 0.05) is 21.2 Å². The van der Waals surface area contributed by atoms with Crippen LogP contribution in [0.5, 0.6) is 0 Å². The van der Waals surface area contributed by atoms with E-state index in [1.54, 1.807) is 6.92 Å². The second kappa shape index (κ2) is 7.44. The Morgan fingerprint density at radius 2 is 1.86 bits per heavy atom. The summed E-state index contributed by atoms with van der Waals surface area (Å²) in [6.07, 6.45) is -4.87. The highest BCUT2D eigenvalue weighted by Crippen LogP contribution is 2.40. The van der Waals surface area contributed by atoms with Crippen molar-refractivity contribution in [2.75, 3.05) is 18.1 Å². The van der Waals surface area contributed by atoms with Crippen molar-refractivity contribution in [3.05, 3.63) is 0 Å². The highest BCUT2D eigenvalue weighted by Gasteiger charge is 2.47. The normalized spacial score (nSPS) is 17.1. The molecular formula is C12H23F3N2O3S. The Hall–Kier alpha value is -0.830. The average Bonchev–Trinajstić information content (AvgIpc) is 2.33. The number of hydrogen-bond acceptors (Lipinski definition) is 5. The van der Waals surface area contributed by atoms with E-state index in [0.717, 1.165) is 13.8 Å². The van der Waals surface area contributed by atoms with Gasteiger partial charge in [-0.3, -0.25) is 9.57 Å². The largest absolute Gasteiger partial charge is 0.465 e. The molecular weight excluding hydrogens is 309 g/mol. The van der Waals surface area contributed by atoms with Gasteiger partial charge >= 0.3 is 12.1 Å². The summed E-state index contributed by atoms with van der Waals surface area (Å²) < 4.78 is 62.2. The van der Waals surface area contributed by atoms with Crippen molar-refractivity contribution in [2.45, 2.75) is 45.8 Å². The number of rotatable bonds is 8. The van der Waals surface area contributed by atoms with Gasteiger partial charge in [0.05, 0.1) is 12.0 Å². The molecule has 0 fully saturated rings. The van der Waals surface area contributed by atoms with E-state index in [0.29, 0.717) is 0 Å². The molecule has 0 rings (SSSR count). The molecule has 0 aliphatic carbocycles. The molecule has 0 aliphatic heterocycles. The van der Waals surface area contributed by atoms with Crippen LogP contribution >= 0.6 is 0 Å². The summed E-state index contributed by atoms with van der Waals surface area (Å²) in [6, 6.07) is -1.01. The molecule has 0 aromatic rings. The van der Waals surface area contributed by atoms with Crippen LogP contribution in [0.2, 0.25) is 0 Å². The molecule has 0 saturated heterocycles. The molecule has 0 heterocycles. The zero-order valence-electron chi connectivity index (χ0n) is 12.5. The van der Waals surface area contributed by atoms with Crippen LogP contribution < -0.4 is 5.73 Å². The van der Waals surface area contributed by atoms with Gasteiger partial charge in [-0.25, -0.2) is 4.21 Å². The molecule has 0 aromatic heterocycles. The number of ether oxygens (including phenoxy) is 1. The molecule has 5 nitrogen and oxygen atoms in total. The van der Waals surface area contributed by atoms with Gasteiger partial charge in [-0.2, -0.15) is 13.2 Å². The lowest BCUT2D eigenvalue weighted by Gasteiger charge is -2.27. The number of esters is 1. The molecule has 0 amide bonds. The summed E-state index contributed by atoms with van der Waals surface area (Å²) in [4.78, 5) is 11.3. The molecule has 0 radical (unpaired) electrons. The van der Waals surface area contributed by atoms with E-state index in [1.165, 1.54) is 0 Å². The van der Waals surface area contributed by atoms with Crippen molar-refractivity contribution >= 4 is 15.7 Å². The van der Waals surface area contributed by atoms with Crippen molar-refractivity contribution in [1.82, 2.24) is 0 Å². The van der Waals surface area contributed by atoms with Crippen LogP contribution in [0.4, 0.5) is 13.2 Å². The minimum absolute atomic E-state index is 0.0480. The molecule has 0 aromatic carbocycles. The standard InChI is InChI=1S/C12H23F3N2O3S/c1-4-20-10(18)9(16)5-7-21(17,19)8-6-11(2,3)12(13,14)15/h9,17H,4-8,16H2,1-3H3/t9-,21+/m0/s1. The fourth-order valence-corrected chi connectivity index (χ4v) is 3.03. The Bertz CT molecular complexity index is 447. The number of alkyl halides is 3. The summed E-state index contributed by atoms with van der Waals surface area (Å²) in [5, 5.41) is 0. The highest BCUT2D eigenvalue weighted by molar-refractivity contribution is 7.92. The van der Waals surface area contributed by atoms with Crippen molar-refractivity contribution in [3.63, 3.8) is 0 Å². The van der Waals surface area contributed by atoms with Crippen molar-refractivity contribution < 1.29 is 26.9 Å². The maximum absolute atomic E-state index is 12.7. The van der Waals surface area contributed by atoms with Gasteiger partial charge in [-0.15, -0.1) is 0 Å². The van der Waals surface area contributed by atoms with Gasteiger partial charge in [0.15, 0.2) is 0 Å². The van der Waals surface area contributed by atoms with Gasteiger partial charge in [0.1, 0.15) is 6.04 Å². The summed E-state index contributed by atoms with van der Waals surface area (Å²) in [7, 11) is -3.21. The van der Waals surface area contributed by atoms with Crippen molar-refractivity contribution in [1.29, 1.82) is 4.78 Å². The van der Waals surface area contributed by atoms with Crippen LogP contribution in [0.1, 0.15) is 33.6 Å². The number of carbonyl (C=O) groups is 1. The van der Waals surface area contributed by atoms with E-state index in [1.807, 2.05) is 0 Å².